The van der Waals surface area contributed by atoms with E-state index < -0.39 is 0 Å². The van der Waals surface area contributed by atoms with E-state index in [1.807, 2.05) is 48.3 Å². The first kappa shape index (κ1) is 14.4. The van der Waals surface area contributed by atoms with Crippen LogP contribution in [0.5, 0.6) is 5.75 Å². The van der Waals surface area contributed by atoms with E-state index in [-0.39, 0.29) is 12.1 Å². The molecule has 1 aromatic heterocycles. The van der Waals surface area contributed by atoms with Gasteiger partial charge >= 0.3 is 0 Å². The normalized spacial score (nSPS) is 13.8. The number of hydrogen-bond donors (Lipinski definition) is 1. The fourth-order valence-electron chi connectivity index (χ4n) is 2.08. The second-order valence-electron chi connectivity index (χ2n) is 5.13. The second-order valence-corrected chi connectivity index (χ2v) is 5.13. The second kappa shape index (κ2) is 6.46. The van der Waals surface area contributed by atoms with Crippen LogP contribution in [0.1, 0.15) is 39.1 Å². The molecule has 0 amide bonds. The first-order valence-corrected chi connectivity index (χ1v) is 7.10. The fraction of sp³-hybridized carbons (Fsp3) is 0.438. The molecule has 2 rings (SSSR count). The molecule has 1 N–H and O–H groups in total. The number of nitrogens with one attached hydrogen (secondary N) is 1. The lowest BCUT2D eigenvalue weighted by molar-refractivity contribution is 0.217. The minimum absolute atomic E-state index is 0.147. The highest BCUT2D eigenvalue weighted by Gasteiger charge is 2.10. The van der Waals surface area contributed by atoms with Gasteiger partial charge in [0.25, 0.3) is 0 Å². The van der Waals surface area contributed by atoms with Crippen molar-refractivity contribution in [2.45, 2.75) is 39.3 Å². The summed E-state index contributed by atoms with van der Waals surface area (Å²) < 4.78 is 7.86. The summed E-state index contributed by atoms with van der Waals surface area (Å²) in [6, 6.07) is 8.22. The summed E-state index contributed by atoms with van der Waals surface area (Å²) in [4.78, 5) is 4.37. The molecule has 2 unspecified atom stereocenters. The molecule has 20 heavy (non-hydrogen) atoms. The Hall–Kier alpha value is -1.97. The Morgan fingerprint density at radius 2 is 2.15 bits per heavy atom. The Bertz CT molecular complexity index is 550. The lowest BCUT2D eigenvalue weighted by Crippen LogP contribution is -2.12. The van der Waals surface area contributed by atoms with Crippen LogP contribution in [0.4, 0.5) is 5.69 Å². The van der Waals surface area contributed by atoms with Crippen molar-refractivity contribution in [1.29, 1.82) is 0 Å². The summed E-state index contributed by atoms with van der Waals surface area (Å²) in [5.74, 6) is 1.91. The summed E-state index contributed by atoms with van der Waals surface area (Å²) in [5, 5.41) is 3.45. The van der Waals surface area contributed by atoms with Gasteiger partial charge in [0.05, 0.1) is 12.1 Å². The van der Waals surface area contributed by atoms with Crippen molar-refractivity contribution < 1.29 is 4.74 Å². The number of aryl methyl sites for hydroxylation is 1. The predicted octanol–water partition coefficient (Wildman–Crippen LogP) is 3.77. The predicted molar refractivity (Wildman–Crippen MR) is 82.1 cm³/mol. The van der Waals surface area contributed by atoms with Gasteiger partial charge in [-0.15, -0.1) is 0 Å². The van der Waals surface area contributed by atoms with E-state index in [0.29, 0.717) is 0 Å². The smallest absolute Gasteiger partial charge is 0.130 e. The Morgan fingerprint density at radius 3 is 2.80 bits per heavy atom. The Kier molecular flexibility index (Phi) is 4.66. The first-order chi connectivity index (χ1) is 9.60. The van der Waals surface area contributed by atoms with Crippen molar-refractivity contribution >= 4 is 5.69 Å². The van der Waals surface area contributed by atoms with Crippen LogP contribution in [-0.4, -0.2) is 15.7 Å². The fourth-order valence-corrected chi connectivity index (χ4v) is 2.08. The molecule has 4 nitrogen and oxygen atoms in total. The minimum atomic E-state index is 0.147. The third-order valence-electron chi connectivity index (χ3n) is 3.38. The topological polar surface area (TPSA) is 39.1 Å². The molecule has 108 valence electrons. The van der Waals surface area contributed by atoms with Crippen molar-refractivity contribution in [3.8, 4) is 5.75 Å². The van der Waals surface area contributed by atoms with Gasteiger partial charge in [0.15, 0.2) is 0 Å². The lowest BCUT2D eigenvalue weighted by Gasteiger charge is -2.17. The van der Waals surface area contributed by atoms with Gasteiger partial charge < -0.3 is 14.6 Å². The van der Waals surface area contributed by atoms with Gasteiger partial charge in [-0.2, -0.15) is 0 Å². The average Bonchev–Trinajstić information content (AvgIpc) is 2.85. The van der Waals surface area contributed by atoms with Gasteiger partial charge in [-0.05, 0) is 32.4 Å². The summed E-state index contributed by atoms with van der Waals surface area (Å²) in [6.07, 6.45) is 5.00. The van der Waals surface area contributed by atoms with Crippen molar-refractivity contribution in [1.82, 2.24) is 9.55 Å². The minimum Gasteiger partial charge on any atom is -0.491 e. The van der Waals surface area contributed by atoms with Crippen LogP contribution in [0.2, 0.25) is 0 Å². The third kappa shape index (κ3) is 3.53. The molecule has 2 aromatic rings. The summed E-state index contributed by atoms with van der Waals surface area (Å²) in [5.41, 5.74) is 1.04. The van der Waals surface area contributed by atoms with Gasteiger partial charge in [0, 0.05) is 31.2 Å². The number of benzene rings is 1. The SMILES string of the molecule is CCC(C)Oc1cccc(NC(C)c2nccn2C)c1. The maximum absolute atomic E-state index is 5.84. The highest BCUT2D eigenvalue weighted by atomic mass is 16.5. The largest absolute Gasteiger partial charge is 0.491 e. The van der Waals surface area contributed by atoms with Gasteiger partial charge in [-0.3, -0.25) is 0 Å². The number of ether oxygens (including phenoxy) is 1. The van der Waals surface area contributed by atoms with E-state index in [1.165, 1.54) is 0 Å². The number of aromatic nitrogens is 2. The number of hydrogen-bond acceptors (Lipinski definition) is 3. The Balaban J connectivity index is 2.06. The molecule has 1 aromatic carbocycles. The van der Waals surface area contributed by atoms with Gasteiger partial charge in [-0.1, -0.05) is 13.0 Å². The molecule has 2 atom stereocenters. The molecule has 0 radical (unpaired) electrons. The van der Waals surface area contributed by atoms with Crippen molar-refractivity contribution in [3.63, 3.8) is 0 Å². The average molecular weight is 273 g/mol. The van der Waals surface area contributed by atoms with Crippen LogP contribution in [0, 0.1) is 0 Å². The summed E-state index contributed by atoms with van der Waals surface area (Å²) in [7, 11) is 2.00. The molecule has 0 saturated carbocycles. The number of anilines is 1. The van der Waals surface area contributed by atoms with Crippen molar-refractivity contribution in [2.24, 2.45) is 7.05 Å². The molecule has 0 spiro atoms. The Morgan fingerprint density at radius 1 is 1.35 bits per heavy atom. The van der Waals surface area contributed by atoms with Crippen LogP contribution in [-0.2, 0) is 7.05 Å². The monoisotopic (exact) mass is 273 g/mol. The zero-order valence-electron chi connectivity index (χ0n) is 12.6. The molecule has 0 aliphatic heterocycles. The van der Waals surface area contributed by atoms with E-state index in [2.05, 4.69) is 31.1 Å². The van der Waals surface area contributed by atoms with Crippen LogP contribution < -0.4 is 10.1 Å². The van der Waals surface area contributed by atoms with Gasteiger partial charge in [0.2, 0.25) is 0 Å². The standard InChI is InChI=1S/C16H23N3O/c1-5-12(2)20-15-8-6-7-14(11-15)18-13(3)16-17-9-10-19(16)4/h6-13,18H,5H2,1-4H3. The van der Waals surface area contributed by atoms with Gasteiger partial charge in [0.1, 0.15) is 11.6 Å². The maximum atomic E-state index is 5.84. The van der Waals surface area contributed by atoms with Crippen LogP contribution in [0.15, 0.2) is 36.7 Å². The zero-order valence-corrected chi connectivity index (χ0v) is 12.6. The molecule has 0 fully saturated rings. The molecular formula is C16H23N3O. The molecule has 0 aliphatic rings. The number of imidazole rings is 1. The highest BCUT2D eigenvalue weighted by molar-refractivity contribution is 5.49. The van der Waals surface area contributed by atoms with E-state index in [4.69, 9.17) is 4.74 Å². The van der Waals surface area contributed by atoms with Crippen LogP contribution in [0.25, 0.3) is 0 Å². The van der Waals surface area contributed by atoms with Gasteiger partial charge in [-0.25, -0.2) is 4.98 Å². The molecule has 1 heterocycles. The summed E-state index contributed by atoms with van der Waals surface area (Å²) in [6.45, 7) is 6.30. The zero-order chi connectivity index (χ0) is 14.5. The third-order valence-corrected chi connectivity index (χ3v) is 3.38. The van der Waals surface area contributed by atoms with Crippen molar-refractivity contribution in [3.05, 3.63) is 42.5 Å². The lowest BCUT2D eigenvalue weighted by atomic mass is 10.2. The molecule has 4 heteroatoms. The number of rotatable bonds is 6. The maximum Gasteiger partial charge on any atom is 0.130 e. The molecule has 0 bridgehead atoms. The van der Waals surface area contributed by atoms with Crippen LogP contribution >= 0.6 is 0 Å². The quantitative estimate of drug-likeness (QED) is 0.870. The van der Waals surface area contributed by atoms with Crippen molar-refractivity contribution in [2.75, 3.05) is 5.32 Å². The van der Waals surface area contributed by atoms with Crippen LogP contribution in [0.3, 0.4) is 0 Å². The van der Waals surface area contributed by atoms with E-state index in [0.717, 1.165) is 23.7 Å². The van der Waals surface area contributed by atoms with E-state index in [1.54, 1.807) is 0 Å². The molecular weight excluding hydrogens is 250 g/mol. The van der Waals surface area contributed by atoms with E-state index >= 15 is 0 Å². The molecule has 0 aliphatic carbocycles. The molecule has 0 saturated heterocycles. The highest BCUT2D eigenvalue weighted by Crippen LogP contribution is 2.23. The van der Waals surface area contributed by atoms with E-state index in [9.17, 15) is 0 Å². The first-order valence-electron chi connectivity index (χ1n) is 7.10. The summed E-state index contributed by atoms with van der Waals surface area (Å²) >= 11 is 0. The Labute approximate surface area is 120 Å². The number of nitrogens with zero attached hydrogens (tertiary/aromatic N) is 2.